The quantitative estimate of drug-likeness (QED) is 0.743. The van der Waals surface area contributed by atoms with Crippen LogP contribution in [0.15, 0.2) is 18.2 Å². The van der Waals surface area contributed by atoms with Crippen molar-refractivity contribution in [1.82, 2.24) is 5.32 Å². The maximum absolute atomic E-state index is 13.0. The summed E-state index contributed by atoms with van der Waals surface area (Å²) >= 11 is 0. The zero-order valence-corrected chi connectivity index (χ0v) is 7.71. The Morgan fingerprint density at radius 2 is 2.29 bits per heavy atom. The lowest BCUT2D eigenvalue weighted by Crippen LogP contribution is -2.18. The van der Waals surface area contributed by atoms with E-state index in [2.05, 4.69) is 5.32 Å². The van der Waals surface area contributed by atoms with Crippen molar-refractivity contribution in [2.75, 3.05) is 6.61 Å². The van der Waals surface area contributed by atoms with Gasteiger partial charge in [0, 0.05) is 0 Å². The normalized spacial score (nSPS) is 20.4. The Labute approximate surface area is 80.9 Å². The van der Waals surface area contributed by atoms with Gasteiger partial charge >= 0.3 is 6.09 Å². The average molecular weight is 195 g/mol. The maximum Gasteiger partial charge on any atom is 0.407 e. The number of rotatable bonds is 1. The Hall–Kier alpha value is -1.58. The van der Waals surface area contributed by atoms with Gasteiger partial charge in [0.1, 0.15) is 12.4 Å². The Morgan fingerprint density at radius 3 is 2.86 bits per heavy atom. The predicted molar refractivity (Wildman–Crippen MR) is 48.4 cm³/mol. The predicted octanol–water partition coefficient (Wildman–Crippen LogP) is 1.92. The number of ether oxygens (including phenoxy) is 1. The van der Waals surface area contributed by atoms with Gasteiger partial charge in [0.2, 0.25) is 0 Å². The molecule has 0 spiro atoms. The van der Waals surface area contributed by atoms with Gasteiger partial charge < -0.3 is 10.1 Å². The average Bonchev–Trinajstić information content (AvgIpc) is 2.50. The lowest BCUT2D eigenvalue weighted by molar-refractivity contribution is 0.177. The molecule has 1 fully saturated rings. The summed E-state index contributed by atoms with van der Waals surface area (Å²) in [6, 6.07) is 4.47. The molecule has 74 valence electrons. The summed E-state index contributed by atoms with van der Waals surface area (Å²) in [5.41, 5.74) is 1.58. The van der Waals surface area contributed by atoms with E-state index in [1.54, 1.807) is 0 Å². The summed E-state index contributed by atoms with van der Waals surface area (Å²) < 4.78 is 17.8. The fraction of sp³-hybridized carbons (Fsp3) is 0.300. The van der Waals surface area contributed by atoms with Crippen molar-refractivity contribution in [1.29, 1.82) is 0 Å². The van der Waals surface area contributed by atoms with Gasteiger partial charge in [-0.1, -0.05) is 6.07 Å². The van der Waals surface area contributed by atoms with Gasteiger partial charge in [-0.15, -0.1) is 0 Å². The second kappa shape index (κ2) is 3.29. The topological polar surface area (TPSA) is 38.3 Å². The van der Waals surface area contributed by atoms with Crippen LogP contribution in [-0.2, 0) is 4.74 Å². The molecule has 0 aromatic heterocycles. The Balaban J connectivity index is 2.27. The summed E-state index contributed by atoms with van der Waals surface area (Å²) in [6.45, 7) is 2.08. The molecular formula is C10H10FNO2. The van der Waals surface area contributed by atoms with Crippen molar-refractivity contribution in [2.24, 2.45) is 0 Å². The van der Waals surface area contributed by atoms with Crippen molar-refractivity contribution >= 4 is 6.09 Å². The van der Waals surface area contributed by atoms with Gasteiger partial charge in [-0.25, -0.2) is 9.18 Å². The van der Waals surface area contributed by atoms with Crippen LogP contribution in [0.25, 0.3) is 0 Å². The molecule has 0 saturated carbocycles. The van der Waals surface area contributed by atoms with E-state index in [-0.39, 0.29) is 18.5 Å². The molecule has 1 atom stereocenters. The summed E-state index contributed by atoms with van der Waals surface area (Å²) in [5, 5.41) is 2.60. The van der Waals surface area contributed by atoms with Gasteiger partial charge in [-0.05, 0) is 30.2 Å². The second-order valence-corrected chi connectivity index (χ2v) is 3.36. The highest BCUT2D eigenvalue weighted by Crippen LogP contribution is 2.20. The van der Waals surface area contributed by atoms with Gasteiger partial charge in [-0.3, -0.25) is 0 Å². The number of nitrogens with one attached hydrogen (secondary N) is 1. The zero-order chi connectivity index (χ0) is 10.1. The lowest BCUT2D eigenvalue weighted by Gasteiger charge is -2.08. The van der Waals surface area contributed by atoms with E-state index >= 15 is 0 Å². The minimum atomic E-state index is -0.447. The van der Waals surface area contributed by atoms with Crippen LogP contribution in [0.4, 0.5) is 9.18 Å². The number of benzene rings is 1. The molecule has 2 rings (SSSR count). The summed E-state index contributed by atoms with van der Waals surface area (Å²) in [7, 11) is 0. The van der Waals surface area contributed by atoms with Gasteiger partial charge in [0.25, 0.3) is 0 Å². The van der Waals surface area contributed by atoms with E-state index in [1.165, 1.54) is 12.1 Å². The Morgan fingerprint density at radius 1 is 1.50 bits per heavy atom. The highest BCUT2D eigenvalue weighted by molar-refractivity contribution is 5.70. The van der Waals surface area contributed by atoms with Crippen molar-refractivity contribution in [3.8, 4) is 0 Å². The van der Waals surface area contributed by atoms with E-state index in [4.69, 9.17) is 4.74 Å². The van der Waals surface area contributed by atoms with E-state index < -0.39 is 6.09 Å². The summed E-state index contributed by atoms with van der Waals surface area (Å²) in [4.78, 5) is 10.8. The highest BCUT2D eigenvalue weighted by Gasteiger charge is 2.23. The third kappa shape index (κ3) is 1.69. The molecule has 1 N–H and O–H groups in total. The summed E-state index contributed by atoms with van der Waals surface area (Å²) in [5.74, 6) is -0.291. The van der Waals surface area contributed by atoms with E-state index in [1.807, 2.05) is 13.0 Å². The number of carbonyl (C=O) groups is 1. The Bertz CT molecular complexity index is 358. The first-order chi connectivity index (χ1) is 6.65. The number of aryl methyl sites for hydroxylation is 1. The molecule has 0 radical (unpaired) electrons. The maximum atomic E-state index is 13.0. The molecule has 1 saturated heterocycles. The van der Waals surface area contributed by atoms with Crippen LogP contribution in [0.1, 0.15) is 17.2 Å². The third-order valence-electron chi connectivity index (χ3n) is 2.14. The Kier molecular flexibility index (Phi) is 2.11. The second-order valence-electron chi connectivity index (χ2n) is 3.36. The molecule has 0 aliphatic carbocycles. The fourth-order valence-electron chi connectivity index (χ4n) is 1.53. The number of carbonyl (C=O) groups excluding carboxylic acids is 1. The van der Waals surface area contributed by atoms with Gasteiger partial charge in [-0.2, -0.15) is 0 Å². The lowest BCUT2D eigenvalue weighted by atomic mass is 10.1. The van der Waals surface area contributed by atoms with Crippen molar-refractivity contribution in [3.05, 3.63) is 35.1 Å². The largest absolute Gasteiger partial charge is 0.447 e. The molecule has 14 heavy (non-hydrogen) atoms. The number of cyclic esters (lactones) is 1. The van der Waals surface area contributed by atoms with Crippen LogP contribution in [0.5, 0.6) is 0 Å². The number of halogens is 1. The van der Waals surface area contributed by atoms with E-state index in [9.17, 15) is 9.18 Å². The minimum absolute atomic E-state index is 0.225. The first kappa shape index (κ1) is 8.99. The summed E-state index contributed by atoms with van der Waals surface area (Å²) in [6.07, 6.45) is -0.447. The van der Waals surface area contributed by atoms with Crippen LogP contribution in [-0.4, -0.2) is 12.7 Å². The van der Waals surface area contributed by atoms with Gasteiger partial charge in [0.05, 0.1) is 6.04 Å². The molecule has 1 aromatic carbocycles. The molecule has 1 amide bonds. The smallest absolute Gasteiger partial charge is 0.407 e. The zero-order valence-electron chi connectivity index (χ0n) is 7.71. The van der Waals surface area contributed by atoms with Crippen LogP contribution < -0.4 is 5.32 Å². The molecule has 4 heteroatoms. The molecular weight excluding hydrogens is 185 g/mol. The van der Waals surface area contributed by atoms with Crippen LogP contribution >= 0.6 is 0 Å². The molecule has 1 aliphatic rings. The first-order valence-corrected chi connectivity index (χ1v) is 4.35. The number of hydrogen-bond donors (Lipinski definition) is 1. The number of amides is 1. The molecule has 1 aromatic rings. The molecule has 1 aliphatic heterocycles. The molecule has 1 heterocycles. The van der Waals surface area contributed by atoms with Crippen LogP contribution in [0.2, 0.25) is 0 Å². The molecule has 3 nitrogen and oxygen atoms in total. The van der Waals surface area contributed by atoms with Crippen molar-refractivity contribution in [2.45, 2.75) is 13.0 Å². The number of hydrogen-bond acceptors (Lipinski definition) is 2. The van der Waals surface area contributed by atoms with Crippen molar-refractivity contribution < 1.29 is 13.9 Å². The molecule has 0 bridgehead atoms. The van der Waals surface area contributed by atoms with Gasteiger partial charge in [0.15, 0.2) is 0 Å². The third-order valence-corrected chi connectivity index (χ3v) is 2.14. The molecule has 0 unspecified atom stereocenters. The number of alkyl carbamates (subject to hydrolysis) is 1. The minimum Gasteiger partial charge on any atom is -0.447 e. The van der Waals surface area contributed by atoms with E-state index in [0.717, 1.165) is 11.1 Å². The SMILES string of the molecule is Cc1cc(F)cc([C@H]2COC(=O)N2)c1. The monoisotopic (exact) mass is 195 g/mol. The van der Waals surface area contributed by atoms with E-state index in [0.29, 0.717) is 0 Å². The highest BCUT2D eigenvalue weighted by atomic mass is 19.1. The van der Waals surface area contributed by atoms with Crippen molar-refractivity contribution in [3.63, 3.8) is 0 Å². The first-order valence-electron chi connectivity index (χ1n) is 4.35. The van der Waals surface area contributed by atoms with Crippen LogP contribution in [0, 0.1) is 12.7 Å². The van der Waals surface area contributed by atoms with Crippen LogP contribution in [0.3, 0.4) is 0 Å². The standard InChI is InChI=1S/C10H10FNO2/c1-6-2-7(4-8(11)3-6)9-5-14-10(13)12-9/h2-4,9H,5H2,1H3,(H,12,13)/t9-/m1/s1. The fourth-order valence-corrected chi connectivity index (χ4v) is 1.53.